The van der Waals surface area contributed by atoms with Gasteiger partial charge in [0.1, 0.15) is 17.2 Å². The Bertz CT molecular complexity index is 1690. The van der Waals surface area contributed by atoms with Crippen molar-refractivity contribution in [2.45, 2.75) is 56.8 Å². The fourth-order valence-electron chi connectivity index (χ4n) is 7.38. The van der Waals surface area contributed by atoms with Crippen LogP contribution in [0.5, 0.6) is 0 Å². The number of aromatic amines is 1. The number of urea groups is 1. The van der Waals surface area contributed by atoms with Gasteiger partial charge in [-0.1, -0.05) is 41.4 Å². The zero-order valence-corrected chi connectivity index (χ0v) is 25.0. The molecule has 4 heterocycles. The van der Waals surface area contributed by atoms with Gasteiger partial charge >= 0.3 is 12.2 Å². The van der Waals surface area contributed by atoms with E-state index in [-0.39, 0.29) is 47.5 Å². The fourth-order valence-corrected chi connectivity index (χ4v) is 7.88. The van der Waals surface area contributed by atoms with Crippen LogP contribution in [0.2, 0.25) is 10.2 Å². The molecule has 3 aromatic rings. The highest BCUT2D eigenvalue weighted by Gasteiger charge is 2.65. The van der Waals surface area contributed by atoms with Crippen molar-refractivity contribution in [3.8, 4) is 0 Å². The van der Waals surface area contributed by atoms with Crippen molar-refractivity contribution in [1.82, 2.24) is 24.9 Å². The summed E-state index contributed by atoms with van der Waals surface area (Å²) in [4.78, 5) is 44.8. The first-order valence-electron chi connectivity index (χ1n) is 14.6. The number of halogens is 5. The van der Waals surface area contributed by atoms with E-state index >= 15 is 0 Å². The fraction of sp³-hybridized carbons (Fsp3) is 0.467. The summed E-state index contributed by atoms with van der Waals surface area (Å²) in [6.07, 6.45) is -2.75. The van der Waals surface area contributed by atoms with E-state index in [0.29, 0.717) is 54.5 Å². The molecule has 3 aliphatic heterocycles. The van der Waals surface area contributed by atoms with Crippen LogP contribution in [-0.4, -0.2) is 81.1 Å². The van der Waals surface area contributed by atoms with Gasteiger partial charge in [0.05, 0.1) is 10.4 Å². The summed E-state index contributed by atoms with van der Waals surface area (Å²) in [6, 6.07) is 9.12. The van der Waals surface area contributed by atoms with Gasteiger partial charge in [-0.15, -0.1) is 0 Å². The molecule has 44 heavy (non-hydrogen) atoms. The lowest BCUT2D eigenvalue weighted by atomic mass is 9.91. The highest BCUT2D eigenvalue weighted by atomic mass is 35.5. The molecule has 14 heteroatoms. The molecule has 232 valence electrons. The van der Waals surface area contributed by atoms with Gasteiger partial charge in [0.25, 0.3) is 0 Å². The molecule has 4 amide bonds. The monoisotopic (exact) mass is 648 g/mol. The van der Waals surface area contributed by atoms with Gasteiger partial charge in [-0.25, -0.2) is 4.79 Å². The zero-order valence-electron chi connectivity index (χ0n) is 23.5. The van der Waals surface area contributed by atoms with E-state index in [1.165, 1.54) is 0 Å². The number of amides is 4. The third-order valence-corrected chi connectivity index (χ3v) is 10.2. The van der Waals surface area contributed by atoms with E-state index in [9.17, 15) is 27.6 Å². The van der Waals surface area contributed by atoms with Crippen molar-refractivity contribution in [3.05, 3.63) is 57.2 Å². The van der Waals surface area contributed by atoms with Crippen LogP contribution >= 0.6 is 23.2 Å². The third-order valence-electron chi connectivity index (χ3n) is 9.63. The second-order valence-corrected chi connectivity index (χ2v) is 13.0. The lowest BCUT2D eigenvalue weighted by molar-refractivity contribution is -0.166. The first-order chi connectivity index (χ1) is 20.9. The summed E-state index contributed by atoms with van der Waals surface area (Å²) < 4.78 is 41.1. The first-order valence-corrected chi connectivity index (χ1v) is 15.3. The topological polar surface area (TPSA) is 102 Å². The van der Waals surface area contributed by atoms with Crippen LogP contribution in [0.1, 0.15) is 48.3 Å². The van der Waals surface area contributed by atoms with Gasteiger partial charge in [0.15, 0.2) is 0 Å². The summed E-state index contributed by atoms with van der Waals surface area (Å²) in [7, 11) is 0. The van der Waals surface area contributed by atoms with Gasteiger partial charge in [-0.05, 0) is 54.5 Å². The molecule has 0 unspecified atom stereocenters. The van der Waals surface area contributed by atoms with Crippen molar-refractivity contribution in [3.63, 3.8) is 0 Å². The largest absolute Gasteiger partial charge is 0.406 e. The van der Waals surface area contributed by atoms with Gasteiger partial charge in [-0.3, -0.25) is 14.7 Å². The SMILES string of the molecule is O=C(C[C@@]12C[C@@H]1c1cc(Cl)c3n[nH]c(Cl)c3c1CN(CC(F)(F)F)C2=O)N1CCC(N2CCc3ccccc3NC2=O)CC1. The molecule has 2 atom stereocenters. The minimum Gasteiger partial charge on any atom is -0.343 e. The molecule has 1 saturated heterocycles. The second kappa shape index (κ2) is 10.5. The summed E-state index contributed by atoms with van der Waals surface area (Å²) in [5, 5.41) is 10.5. The van der Waals surface area contributed by atoms with Gasteiger partial charge in [0, 0.05) is 55.6 Å². The predicted octanol–water partition coefficient (Wildman–Crippen LogP) is 5.72. The number of hydrogen-bond acceptors (Lipinski definition) is 4. The Kier molecular flexibility index (Phi) is 7.00. The Hall–Kier alpha value is -3.51. The summed E-state index contributed by atoms with van der Waals surface area (Å²) in [6.45, 7) is -0.434. The number of nitrogens with zero attached hydrogens (tertiary/aromatic N) is 4. The van der Waals surface area contributed by atoms with Crippen LogP contribution in [0, 0.1) is 5.41 Å². The lowest BCUT2D eigenvalue weighted by Crippen LogP contribution is -2.50. The number of H-pyrrole nitrogens is 1. The van der Waals surface area contributed by atoms with E-state index in [2.05, 4.69) is 15.5 Å². The van der Waals surface area contributed by atoms with E-state index in [1.807, 2.05) is 29.2 Å². The number of hydrogen-bond donors (Lipinski definition) is 2. The minimum atomic E-state index is -4.63. The minimum absolute atomic E-state index is 0.0573. The van der Waals surface area contributed by atoms with Gasteiger partial charge in [-0.2, -0.15) is 18.3 Å². The number of likely N-dealkylation sites (tertiary alicyclic amines) is 1. The molecule has 2 N–H and O–H groups in total. The predicted molar refractivity (Wildman–Crippen MR) is 157 cm³/mol. The zero-order chi connectivity index (χ0) is 31.0. The summed E-state index contributed by atoms with van der Waals surface area (Å²) >= 11 is 12.8. The second-order valence-electron chi connectivity index (χ2n) is 12.2. The van der Waals surface area contributed by atoms with Crippen LogP contribution in [0.4, 0.5) is 23.7 Å². The van der Waals surface area contributed by atoms with Crippen LogP contribution in [-0.2, 0) is 22.6 Å². The number of alkyl halides is 3. The molecule has 1 aromatic heterocycles. The van der Waals surface area contributed by atoms with E-state index < -0.39 is 30.0 Å². The van der Waals surface area contributed by atoms with E-state index in [1.54, 1.807) is 11.0 Å². The lowest BCUT2D eigenvalue weighted by Gasteiger charge is -2.38. The molecular formula is C30H29Cl2F3N6O3. The number of anilines is 1. The molecule has 1 aliphatic carbocycles. The van der Waals surface area contributed by atoms with E-state index in [4.69, 9.17) is 23.2 Å². The number of para-hydroxylation sites is 1. The molecule has 0 spiro atoms. The number of carbonyl (C=O) groups is 3. The highest BCUT2D eigenvalue weighted by Crippen LogP contribution is 2.65. The quantitative estimate of drug-likeness (QED) is 0.378. The van der Waals surface area contributed by atoms with Crippen molar-refractivity contribution in [2.75, 3.05) is 31.5 Å². The first kappa shape index (κ1) is 29.2. The molecule has 2 aromatic carbocycles. The molecular weight excluding hydrogens is 620 g/mol. The van der Waals surface area contributed by atoms with E-state index in [0.717, 1.165) is 22.6 Å². The number of rotatable bonds is 4. The van der Waals surface area contributed by atoms with Crippen molar-refractivity contribution >= 4 is 57.6 Å². The number of benzene rings is 2. The highest BCUT2D eigenvalue weighted by molar-refractivity contribution is 6.39. The average molecular weight is 650 g/mol. The van der Waals surface area contributed by atoms with Crippen LogP contribution < -0.4 is 5.32 Å². The smallest absolute Gasteiger partial charge is 0.343 e. The van der Waals surface area contributed by atoms with Gasteiger partial charge < -0.3 is 20.0 Å². The number of aromatic nitrogens is 2. The number of nitrogens with one attached hydrogen (secondary N) is 2. The number of fused-ring (bicyclic) bond motifs is 6. The standard InChI is InChI=1S/C30H29Cl2F3N6O3/c31-21-11-18-19(24-25(21)37-38-26(24)32)14-40(15-30(33,34)35)27(43)29(12-20(18)29)13-23(42)39-8-6-17(7-9-39)41-10-5-16-3-1-2-4-22(16)36-28(41)44/h1-4,11,17,20H,5-10,12-15H2,(H,36,44)(H,37,38)/t20-,29+/m1/s1. The molecule has 9 nitrogen and oxygen atoms in total. The molecule has 0 bridgehead atoms. The Morgan fingerprint density at radius 2 is 1.86 bits per heavy atom. The molecule has 2 fully saturated rings. The summed E-state index contributed by atoms with van der Waals surface area (Å²) in [5.41, 5.74) is 2.00. The Morgan fingerprint density at radius 3 is 2.61 bits per heavy atom. The number of carbonyl (C=O) groups excluding carboxylic acids is 3. The Balaban J connectivity index is 1.09. The normalized spacial score (nSPS) is 23.9. The Morgan fingerprint density at radius 1 is 1.11 bits per heavy atom. The molecule has 7 rings (SSSR count). The maximum Gasteiger partial charge on any atom is 0.406 e. The molecule has 0 radical (unpaired) electrons. The van der Waals surface area contributed by atoms with Crippen molar-refractivity contribution in [1.29, 1.82) is 0 Å². The molecule has 1 saturated carbocycles. The van der Waals surface area contributed by atoms with Crippen LogP contribution in [0.15, 0.2) is 30.3 Å². The van der Waals surface area contributed by atoms with Crippen LogP contribution in [0.25, 0.3) is 10.9 Å². The molecule has 4 aliphatic rings. The van der Waals surface area contributed by atoms with Crippen molar-refractivity contribution in [2.24, 2.45) is 5.41 Å². The van der Waals surface area contributed by atoms with Crippen LogP contribution in [0.3, 0.4) is 0 Å². The summed E-state index contributed by atoms with van der Waals surface area (Å²) in [5.74, 6) is -1.44. The maximum absolute atomic E-state index is 13.9. The third kappa shape index (κ3) is 4.95. The number of piperidine rings is 1. The average Bonchev–Trinajstić information content (AvgIpc) is 3.62. The maximum atomic E-state index is 13.9. The van der Waals surface area contributed by atoms with Gasteiger partial charge in [0.2, 0.25) is 11.8 Å². The Labute approximate surface area is 260 Å². The van der Waals surface area contributed by atoms with Crippen molar-refractivity contribution < 1.29 is 27.6 Å².